The fourth-order valence-corrected chi connectivity index (χ4v) is 4.73. The average molecular weight is 463 g/mol. The van der Waals surface area contributed by atoms with Crippen molar-refractivity contribution in [2.45, 2.75) is 19.6 Å². The highest BCUT2D eigenvalue weighted by molar-refractivity contribution is 7.85. The Kier molecular flexibility index (Phi) is 6.17. The first kappa shape index (κ1) is 22.2. The molecule has 32 heavy (non-hydrogen) atoms. The molecule has 4 rings (SSSR count). The summed E-state index contributed by atoms with van der Waals surface area (Å²) in [6.07, 6.45) is -4.60. The smallest absolute Gasteiger partial charge is 0.419 e. The van der Waals surface area contributed by atoms with Crippen molar-refractivity contribution in [3.05, 3.63) is 41.3 Å². The Morgan fingerprint density at radius 1 is 1.25 bits per heavy atom. The fourth-order valence-electron chi connectivity index (χ4n) is 3.60. The van der Waals surface area contributed by atoms with Gasteiger partial charge in [-0.1, -0.05) is 0 Å². The molecule has 7 nitrogen and oxygen atoms in total. The number of pyridine rings is 1. The van der Waals surface area contributed by atoms with Gasteiger partial charge in [-0.25, -0.2) is 9.97 Å². The van der Waals surface area contributed by atoms with E-state index < -0.39 is 22.5 Å². The molecule has 1 aromatic carbocycles. The van der Waals surface area contributed by atoms with E-state index in [1.54, 1.807) is 13.0 Å². The van der Waals surface area contributed by atoms with Crippen LogP contribution in [-0.4, -0.2) is 55.3 Å². The highest BCUT2D eigenvalue weighted by atomic mass is 32.2. The molecule has 2 aromatic heterocycles. The van der Waals surface area contributed by atoms with Crippen LogP contribution in [0.2, 0.25) is 0 Å². The zero-order valence-corrected chi connectivity index (χ0v) is 18.0. The van der Waals surface area contributed by atoms with Crippen LogP contribution in [0.15, 0.2) is 24.3 Å². The molecular formula is C21H20F3N5O2S. The lowest BCUT2D eigenvalue weighted by Crippen LogP contribution is -2.37. The van der Waals surface area contributed by atoms with E-state index in [2.05, 4.69) is 19.9 Å². The predicted octanol–water partition coefficient (Wildman–Crippen LogP) is 3.48. The third-order valence-electron chi connectivity index (χ3n) is 5.15. The van der Waals surface area contributed by atoms with Gasteiger partial charge in [-0.2, -0.15) is 18.4 Å². The van der Waals surface area contributed by atoms with Gasteiger partial charge in [0, 0.05) is 41.0 Å². The maximum absolute atomic E-state index is 13.5. The summed E-state index contributed by atoms with van der Waals surface area (Å²) in [5.41, 5.74) is 0.464. The number of H-pyrrole nitrogens is 1. The van der Waals surface area contributed by atoms with E-state index in [-0.39, 0.29) is 29.3 Å². The SMILES string of the molecule is CCOc1ccc(-c2cc3[nH]c(CN4CCS(=O)CC4)nc3c(C#N)n2)cc1C(F)(F)F. The molecule has 0 aliphatic carbocycles. The van der Waals surface area contributed by atoms with Crippen LogP contribution in [0.1, 0.15) is 24.0 Å². The Bertz CT molecular complexity index is 1210. The second kappa shape index (κ2) is 8.88. The molecule has 0 saturated carbocycles. The number of aromatic amines is 1. The molecule has 11 heteroatoms. The van der Waals surface area contributed by atoms with Gasteiger partial charge in [0.15, 0.2) is 5.69 Å². The van der Waals surface area contributed by atoms with Crippen molar-refractivity contribution in [3.8, 4) is 23.1 Å². The molecule has 1 aliphatic heterocycles. The highest BCUT2D eigenvalue weighted by Gasteiger charge is 2.35. The van der Waals surface area contributed by atoms with Gasteiger partial charge in [0.2, 0.25) is 0 Å². The molecule has 1 N–H and O–H groups in total. The number of nitrogens with one attached hydrogen (secondary N) is 1. The van der Waals surface area contributed by atoms with Crippen LogP contribution in [0.3, 0.4) is 0 Å². The number of ether oxygens (including phenoxy) is 1. The summed E-state index contributed by atoms with van der Waals surface area (Å²) >= 11 is 0. The molecule has 0 spiro atoms. The maximum atomic E-state index is 13.5. The van der Waals surface area contributed by atoms with Gasteiger partial charge in [0.05, 0.1) is 29.9 Å². The van der Waals surface area contributed by atoms with Crippen molar-refractivity contribution in [1.29, 1.82) is 5.26 Å². The second-order valence-electron chi connectivity index (χ2n) is 7.31. The minimum absolute atomic E-state index is 0.0298. The number of nitrogens with zero attached hydrogens (tertiary/aromatic N) is 4. The number of nitriles is 1. The molecule has 0 radical (unpaired) electrons. The number of hydrogen-bond acceptors (Lipinski definition) is 6. The summed E-state index contributed by atoms with van der Waals surface area (Å²) in [4.78, 5) is 14.0. The first-order valence-corrected chi connectivity index (χ1v) is 11.5. The normalized spacial score (nSPS) is 15.7. The molecular weight excluding hydrogens is 443 g/mol. The molecule has 3 heterocycles. The number of aromatic nitrogens is 3. The predicted molar refractivity (Wildman–Crippen MR) is 113 cm³/mol. The average Bonchev–Trinajstić information content (AvgIpc) is 3.17. The molecule has 1 saturated heterocycles. The quantitative estimate of drug-likeness (QED) is 0.623. The Hall–Kier alpha value is -2.97. The van der Waals surface area contributed by atoms with E-state index in [1.165, 1.54) is 12.1 Å². The summed E-state index contributed by atoms with van der Waals surface area (Å²) in [5, 5.41) is 9.55. The van der Waals surface area contributed by atoms with E-state index in [1.807, 2.05) is 6.07 Å². The highest BCUT2D eigenvalue weighted by Crippen LogP contribution is 2.39. The van der Waals surface area contributed by atoms with Crippen LogP contribution in [0.5, 0.6) is 5.75 Å². The summed E-state index contributed by atoms with van der Waals surface area (Å²) in [5.74, 6) is 1.57. The van der Waals surface area contributed by atoms with Gasteiger partial charge < -0.3 is 9.72 Å². The van der Waals surface area contributed by atoms with Gasteiger partial charge >= 0.3 is 6.18 Å². The Balaban J connectivity index is 1.71. The summed E-state index contributed by atoms with van der Waals surface area (Å²) in [7, 11) is -0.789. The number of imidazole rings is 1. The molecule has 1 aliphatic rings. The zero-order valence-electron chi connectivity index (χ0n) is 17.2. The van der Waals surface area contributed by atoms with Crippen molar-refractivity contribution in [2.24, 2.45) is 0 Å². The number of benzene rings is 1. The summed E-state index contributed by atoms with van der Waals surface area (Å²) < 4.78 is 57.2. The largest absolute Gasteiger partial charge is 0.493 e. The van der Waals surface area contributed by atoms with E-state index >= 15 is 0 Å². The monoisotopic (exact) mass is 463 g/mol. The van der Waals surface area contributed by atoms with Crippen molar-refractivity contribution in [1.82, 2.24) is 19.9 Å². The van der Waals surface area contributed by atoms with Crippen LogP contribution >= 0.6 is 0 Å². The first-order chi connectivity index (χ1) is 15.3. The minimum Gasteiger partial charge on any atom is -0.493 e. The van der Waals surface area contributed by atoms with Crippen LogP contribution in [0.4, 0.5) is 13.2 Å². The molecule has 0 atom stereocenters. The molecule has 1 fully saturated rings. The van der Waals surface area contributed by atoms with E-state index in [0.717, 1.165) is 6.07 Å². The van der Waals surface area contributed by atoms with Crippen LogP contribution in [0.25, 0.3) is 22.3 Å². The van der Waals surface area contributed by atoms with E-state index in [4.69, 9.17) is 4.74 Å². The van der Waals surface area contributed by atoms with Crippen molar-refractivity contribution < 1.29 is 22.1 Å². The Morgan fingerprint density at radius 3 is 2.66 bits per heavy atom. The Labute approximate surface area is 184 Å². The number of hydrogen-bond donors (Lipinski definition) is 1. The minimum atomic E-state index is -4.60. The zero-order chi connectivity index (χ0) is 22.9. The lowest BCUT2D eigenvalue weighted by atomic mass is 10.1. The molecule has 0 amide bonds. The first-order valence-electron chi connectivity index (χ1n) is 10.00. The summed E-state index contributed by atoms with van der Waals surface area (Å²) in [6, 6.07) is 7.30. The number of halogens is 3. The second-order valence-corrected chi connectivity index (χ2v) is 9.01. The number of fused-ring (bicyclic) bond motifs is 1. The number of alkyl halides is 3. The third-order valence-corrected chi connectivity index (χ3v) is 6.42. The van der Waals surface area contributed by atoms with Crippen LogP contribution < -0.4 is 4.74 Å². The standard InChI is InChI=1S/C21H20F3N5O2S/c1-2-31-18-4-3-13(9-14(18)21(22,23)24)15-10-16-20(17(11-25)26-15)28-19(27-16)12-29-5-7-32(30)8-6-29/h3-4,9-10H,2,5-8,12H2,1H3,(H,27,28). The molecule has 0 bridgehead atoms. The molecule has 0 unspecified atom stereocenters. The topological polar surface area (TPSA) is 94.9 Å². The van der Waals surface area contributed by atoms with E-state index in [9.17, 15) is 22.6 Å². The lowest BCUT2D eigenvalue weighted by Gasteiger charge is -2.24. The van der Waals surface area contributed by atoms with Crippen LogP contribution in [0, 0.1) is 11.3 Å². The molecule has 168 valence electrons. The fraction of sp³-hybridized carbons (Fsp3) is 0.381. The van der Waals surface area contributed by atoms with Gasteiger partial charge in [0.25, 0.3) is 0 Å². The third kappa shape index (κ3) is 4.61. The van der Waals surface area contributed by atoms with Gasteiger partial charge in [0.1, 0.15) is 23.2 Å². The number of rotatable bonds is 5. The van der Waals surface area contributed by atoms with Gasteiger partial charge in [-0.3, -0.25) is 9.11 Å². The Morgan fingerprint density at radius 2 is 2.00 bits per heavy atom. The van der Waals surface area contributed by atoms with Crippen LogP contribution in [-0.2, 0) is 23.5 Å². The van der Waals surface area contributed by atoms with E-state index in [0.29, 0.717) is 48.0 Å². The molecule has 3 aromatic rings. The maximum Gasteiger partial charge on any atom is 0.419 e. The lowest BCUT2D eigenvalue weighted by molar-refractivity contribution is -0.138. The van der Waals surface area contributed by atoms with Crippen molar-refractivity contribution >= 4 is 21.8 Å². The van der Waals surface area contributed by atoms with Crippen molar-refractivity contribution in [2.75, 3.05) is 31.2 Å². The van der Waals surface area contributed by atoms with Crippen molar-refractivity contribution in [3.63, 3.8) is 0 Å². The van der Waals surface area contributed by atoms with Gasteiger partial charge in [-0.05, 0) is 31.2 Å². The summed E-state index contributed by atoms with van der Waals surface area (Å²) in [6.45, 7) is 3.58. The van der Waals surface area contributed by atoms with Gasteiger partial charge in [-0.15, -0.1) is 0 Å².